The van der Waals surface area contributed by atoms with Gasteiger partial charge >= 0.3 is 5.69 Å². The highest BCUT2D eigenvalue weighted by atomic mass is 19.1. The van der Waals surface area contributed by atoms with Crippen LogP contribution in [0.3, 0.4) is 0 Å². The van der Waals surface area contributed by atoms with Crippen molar-refractivity contribution in [1.82, 2.24) is 14.9 Å². The molecule has 0 aliphatic carbocycles. The molecule has 0 unspecified atom stereocenters. The topological polar surface area (TPSA) is 66.1 Å². The van der Waals surface area contributed by atoms with E-state index >= 15 is 0 Å². The third-order valence-corrected chi connectivity index (χ3v) is 4.44. The minimum Gasteiger partial charge on any atom is -0.337 e. The number of amides is 1. The predicted octanol–water partition coefficient (Wildman–Crippen LogP) is 2.76. The lowest BCUT2D eigenvalue weighted by molar-refractivity contribution is 0.0690. The number of hydrogen-bond acceptors (Lipinski definition) is 3. The molecule has 1 aromatic heterocycles. The van der Waals surface area contributed by atoms with Crippen LogP contribution in [0.1, 0.15) is 35.8 Å². The van der Waals surface area contributed by atoms with E-state index in [2.05, 4.69) is 16.9 Å². The number of hydrogen-bond donors (Lipinski definition) is 1. The van der Waals surface area contributed by atoms with Gasteiger partial charge in [-0.15, -0.1) is 0 Å². The number of carbonyl (C=O) groups is 1. The second kappa shape index (κ2) is 6.55. The highest BCUT2D eigenvalue weighted by molar-refractivity contribution is 5.93. The molecule has 1 amide bonds. The van der Waals surface area contributed by atoms with E-state index in [4.69, 9.17) is 0 Å². The van der Waals surface area contributed by atoms with Crippen molar-refractivity contribution in [3.63, 3.8) is 0 Å². The van der Waals surface area contributed by atoms with Crippen molar-refractivity contribution in [1.29, 1.82) is 0 Å². The van der Waals surface area contributed by atoms with Crippen molar-refractivity contribution in [2.45, 2.75) is 26.7 Å². The van der Waals surface area contributed by atoms with Crippen molar-refractivity contribution >= 4 is 5.91 Å². The largest absolute Gasteiger partial charge is 0.346 e. The second-order valence-electron chi connectivity index (χ2n) is 6.44. The van der Waals surface area contributed by atoms with E-state index in [0.717, 1.165) is 18.4 Å². The molecule has 1 aliphatic rings. The number of likely N-dealkylation sites (tertiary alicyclic amines) is 1. The summed E-state index contributed by atoms with van der Waals surface area (Å²) in [6.45, 7) is 5.32. The average molecular weight is 329 g/mol. The molecule has 0 spiro atoms. The van der Waals surface area contributed by atoms with E-state index < -0.39 is 11.5 Å². The molecule has 1 saturated heterocycles. The van der Waals surface area contributed by atoms with Crippen LogP contribution in [0.5, 0.6) is 0 Å². The van der Waals surface area contributed by atoms with Crippen LogP contribution in [0.15, 0.2) is 29.1 Å². The molecule has 1 N–H and O–H groups in total. The first-order chi connectivity index (χ1) is 11.4. The third kappa shape index (κ3) is 3.37. The Bertz CT molecular complexity index is 823. The molecule has 2 aromatic rings. The van der Waals surface area contributed by atoms with Gasteiger partial charge in [-0.3, -0.25) is 4.79 Å². The van der Waals surface area contributed by atoms with Crippen LogP contribution in [0.2, 0.25) is 0 Å². The van der Waals surface area contributed by atoms with E-state index in [9.17, 15) is 14.0 Å². The van der Waals surface area contributed by atoms with Gasteiger partial charge in [0.1, 0.15) is 11.5 Å². The Balaban J connectivity index is 1.96. The molecular weight excluding hydrogens is 309 g/mol. The fraction of sp³-hybridized carbons (Fsp3) is 0.389. The summed E-state index contributed by atoms with van der Waals surface area (Å²) in [4.78, 5) is 32.5. The summed E-state index contributed by atoms with van der Waals surface area (Å²) >= 11 is 0. The van der Waals surface area contributed by atoms with Crippen LogP contribution in [-0.2, 0) is 0 Å². The molecule has 6 heteroatoms. The lowest BCUT2D eigenvalue weighted by atomic mass is 9.99. The maximum atomic E-state index is 14.1. The second-order valence-corrected chi connectivity index (χ2v) is 6.44. The summed E-state index contributed by atoms with van der Waals surface area (Å²) in [5, 5.41) is 0. The Morgan fingerprint density at radius 1 is 1.29 bits per heavy atom. The number of aromatic amines is 1. The number of H-pyrrole nitrogens is 1. The first kappa shape index (κ1) is 16.4. The van der Waals surface area contributed by atoms with Crippen molar-refractivity contribution in [3.05, 3.63) is 51.8 Å². The number of nitrogens with zero attached hydrogens (tertiary/aromatic N) is 2. The number of aromatic nitrogens is 2. The van der Waals surface area contributed by atoms with E-state index in [1.807, 2.05) is 6.92 Å². The van der Waals surface area contributed by atoms with E-state index in [1.165, 1.54) is 12.1 Å². The van der Waals surface area contributed by atoms with Gasteiger partial charge in [0.2, 0.25) is 0 Å². The van der Waals surface area contributed by atoms with Gasteiger partial charge in [-0.1, -0.05) is 18.6 Å². The first-order valence-corrected chi connectivity index (χ1v) is 8.11. The normalized spacial score (nSPS) is 15.5. The van der Waals surface area contributed by atoms with Crippen LogP contribution < -0.4 is 5.69 Å². The van der Waals surface area contributed by atoms with Crippen LogP contribution in [-0.4, -0.2) is 33.9 Å². The minimum atomic E-state index is -0.651. The maximum Gasteiger partial charge on any atom is 0.346 e. The molecule has 0 atom stereocenters. The molecule has 0 radical (unpaired) electrons. The Morgan fingerprint density at radius 2 is 2.00 bits per heavy atom. The highest BCUT2D eigenvalue weighted by Crippen LogP contribution is 2.23. The third-order valence-electron chi connectivity index (χ3n) is 4.44. The predicted molar refractivity (Wildman–Crippen MR) is 89.3 cm³/mol. The summed E-state index contributed by atoms with van der Waals surface area (Å²) in [7, 11) is 0. The summed E-state index contributed by atoms with van der Waals surface area (Å²) in [5.41, 5.74) is 0.755. The molecule has 1 fully saturated rings. The van der Waals surface area contributed by atoms with Crippen molar-refractivity contribution in [2.75, 3.05) is 13.1 Å². The Labute approximate surface area is 139 Å². The van der Waals surface area contributed by atoms with Crippen molar-refractivity contribution in [3.8, 4) is 11.3 Å². The Hall–Kier alpha value is -2.50. The number of benzene rings is 1. The number of aryl methyl sites for hydroxylation is 1. The summed E-state index contributed by atoms with van der Waals surface area (Å²) in [5.74, 6) is -0.109. The van der Waals surface area contributed by atoms with Gasteiger partial charge in [0.05, 0.1) is 5.69 Å². The van der Waals surface area contributed by atoms with Crippen molar-refractivity contribution in [2.24, 2.45) is 5.92 Å². The van der Waals surface area contributed by atoms with Crippen LogP contribution in [0.4, 0.5) is 4.39 Å². The van der Waals surface area contributed by atoms with Gasteiger partial charge in [-0.25, -0.2) is 9.18 Å². The van der Waals surface area contributed by atoms with Gasteiger partial charge in [0.15, 0.2) is 0 Å². The Kier molecular flexibility index (Phi) is 4.46. The smallest absolute Gasteiger partial charge is 0.337 e. The zero-order chi connectivity index (χ0) is 17.3. The maximum absolute atomic E-state index is 14.1. The zero-order valence-corrected chi connectivity index (χ0v) is 13.8. The number of rotatable bonds is 2. The average Bonchev–Trinajstić information content (AvgIpc) is 2.56. The fourth-order valence-corrected chi connectivity index (χ4v) is 2.93. The molecule has 5 nitrogen and oxygen atoms in total. The van der Waals surface area contributed by atoms with Crippen LogP contribution in [0.25, 0.3) is 11.3 Å². The molecular formula is C18H20FN3O2. The van der Waals surface area contributed by atoms with Crippen molar-refractivity contribution < 1.29 is 9.18 Å². The number of nitrogens with one attached hydrogen (secondary N) is 1. The molecule has 3 rings (SSSR count). The molecule has 24 heavy (non-hydrogen) atoms. The summed E-state index contributed by atoms with van der Waals surface area (Å²) in [6, 6.07) is 6.06. The molecule has 0 saturated carbocycles. The molecule has 126 valence electrons. The minimum absolute atomic E-state index is 0.153. The lowest BCUT2D eigenvalue weighted by Crippen LogP contribution is -2.39. The summed E-state index contributed by atoms with van der Waals surface area (Å²) in [6.07, 6.45) is 1.89. The quantitative estimate of drug-likeness (QED) is 0.921. The van der Waals surface area contributed by atoms with Gasteiger partial charge in [0.25, 0.3) is 5.91 Å². The van der Waals surface area contributed by atoms with E-state index in [1.54, 1.807) is 17.0 Å². The first-order valence-electron chi connectivity index (χ1n) is 8.11. The monoisotopic (exact) mass is 329 g/mol. The lowest BCUT2D eigenvalue weighted by Gasteiger charge is -2.30. The molecule has 0 bridgehead atoms. The van der Waals surface area contributed by atoms with Crippen LogP contribution >= 0.6 is 0 Å². The molecule has 1 aromatic carbocycles. The van der Waals surface area contributed by atoms with Gasteiger partial charge in [-0.2, -0.15) is 4.98 Å². The molecule has 1 aliphatic heterocycles. The van der Waals surface area contributed by atoms with Crippen LogP contribution in [0, 0.1) is 18.7 Å². The van der Waals surface area contributed by atoms with Gasteiger partial charge < -0.3 is 9.88 Å². The Morgan fingerprint density at radius 3 is 2.71 bits per heavy atom. The van der Waals surface area contributed by atoms with E-state index in [0.29, 0.717) is 19.0 Å². The fourth-order valence-electron chi connectivity index (χ4n) is 2.93. The molecule has 2 heterocycles. The number of piperidine rings is 1. The number of carbonyl (C=O) groups excluding carboxylic acids is 1. The standard InChI is InChI=1S/C18H20FN3O2/c1-11-5-7-22(8-6-11)17(23)16-10-15(20-18(24)21-16)13-9-12(2)3-4-14(13)19/h3-4,9-11H,5-8H2,1-2H3,(H,20,21,24). The number of halogens is 1. The highest BCUT2D eigenvalue weighted by Gasteiger charge is 2.23. The van der Waals surface area contributed by atoms with Gasteiger partial charge in [-0.05, 0) is 43.9 Å². The van der Waals surface area contributed by atoms with Gasteiger partial charge in [0, 0.05) is 18.7 Å². The zero-order valence-electron chi connectivity index (χ0n) is 13.8. The van der Waals surface area contributed by atoms with E-state index in [-0.39, 0.29) is 22.9 Å². The summed E-state index contributed by atoms with van der Waals surface area (Å²) < 4.78 is 14.1. The SMILES string of the molecule is Cc1ccc(F)c(-c2cc(C(=O)N3CCC(C)CC3)[nH]c(=O)n2)c1.